The van der Waals surface area contributed by atoms with Crippen molar-refractivity contribution in [2.24, 2.45) is 0 Å². The van der Waals surface area contributed by atoms with Crippen LogP contribution < -0.4 is 5.32 Å². The normalized spacial score (nSPS) is 14.8. The van der Waals surface area contributed by atoms with E-state index in [9.17, 15) is 4.79 Å². The number of para-hydroxylation sites is 1. The monoisotopic (exact) mass is 483 g/mol. The van der Waals surface area contributed by atoms with Crippen molar-refractivity contribution < 1.29 is 9.53 Å². The van der Waals surface area contributed by atoms with Gasteiger partial charge in [0.2, 0.25) is 0 Å². The van der Waals surface area contributed by atoms with Crippen LogP contribution in [0.5, 0.6) is 0 Å². The number of amides is 2. The predicted octanol–water partition coefficient (Wildman–Crippen LogP) is 5.18. The minimum absolute atomic E-state index is 0.0901. The van der Waals surface area contributed by atoms with Crippen molar-refractivity contribution in [1.82, 2.24) is 24.6 Å². The maximum atomic E-state index is 13.7. The van der Waals surface area contributed by atoms with Crippen molar-refractivity contribution in [3.8, 4) is 11.5 Å². The third kappa shape index (κ3) is 4.42. The summed E-state index contributed by atoms with van der Waals surface area (Å²) in [5.41, 5.74) is 6.35. The molecule has 1 unspecified atom stereocenters. The first-order valence-electron chi connectivity index (χ1n) is 12.6. The Hall–Kier alpha value is -3.84. The molecule has 186 valence electrons. The van der Waals surface area contributed by atoms with Crippen LogP contribution in [0.3, 0.4) is 0 Å². The highest BCUT2D eigenvalue weighted by Crippen LogP contribution is 2.38. The highest BCUT2D eigenvalue weighted by molar-refractivity contribution is 5.76. The number of urea groups is 1. The van der Waals surface area contributed by atoms with Crippen molar-refractivity contribution in [1.29, 1.82) is 0 Å². The number of hydrogen-bond acceptors (Lipinski definition) is 3. The summed E-state index contributed by atoms with van der Waals surface area (Å²) in [6, 6.07) is 22.5. The fourth-order valence-corrected chi connectivity index (χ4v) is 5.05. The second-order valence-corrected chi connectivity index (χ2v) is 9.18. The Kier molecular flexibility index (Phi) is 6.91. The van der Waals surface area contributed by atoms with Gasteiger partial charge in [-0.2, -0.15) is 5.10 Å². The lowest BCUT2D eigenvalue weighted by Crippen LogP contribution is -2.42. The minimum Gasteiger partial charge on any atom is -0.385 e. The molecule has 1 N–H and O–H groups in total. The van der Waals surface area contributed by atoms with E-state index in [1.165, 1.54) is 0 Å². The lowest BCUT2D eigenvalue weighted by molar-refractivity contribution is 0.174. The van der Waals surface area contributed by atoms with Gasteiger partial charge < -0.3 is 19.5 Å². The van der Waals surface area contributed by atoms with Crippen LogP contribution in [0.2, 0.25) is 0 Å². The highest BCUT2D eigenvalue weighted by atomic mass is 16.5. The molecule has 0 spiro atoms. The molecule has 0 saturated heterocycles. The van der Waals surface area contributed by atoms with Crippen molar-refractivity contribution in [3.05, 3.63) is 101 Å². The van der Waals surface area contributed by atoms with Crippen LogP contribution in [0.4, 0.5) is 4.79 Å². The maximum absolute atomic E-state index is 13.7. The predicted molar refractivity (Wildman–Crippen MR) is 141 cm³/mol. The number of aryl methyl sites for hydroxylation is 2. The number of ether oxygens (including phenoxy) is 1. The Balaban J connectivity index is 1.68. The molecule has 2 amide bonds. The number of fused-ring (bicyclic) bond motifs is 3. The van der Waals surface area contributed by atoms with Gasteiger partial charge in [0.25, 0.3) is 0 Å². The summed E-state index contributed by atoms with van der Waals surface area (Å²) in [4.78, 5) is 15.7. The Morgan fingerprint density at radius 2 is 1.94 bits per heavy atom. The molecule has 0 saturated carbocycles. The first-order valence-corrected chi connectivity index (χ1v) is 12.6. The van der Waals surface area contributed by atoms with Crippen LogP contribution in [0, 0.1) is 6.92 Å². The smallest absolute Gasteiger partial charge is 0.318 e. The molecular formula is C29H33N5O2. The summed E-state index contributed by atoms with van der Waals surface area (Å²) >= 11 is 0. The topological polar surface area (TPSA) is 64.3 Å². The largest absolute Gasteiger partial charge is 0.385 e. The Labute approximate surface area is 212 Å². The summed E-state index contributed by atoms with van der Waals surface area (Å²) in [5, 5.41) is 8.14. The van der Waals surface area contributed by atoms with Crippen molar-refractivity contribution in [2.45, 2.75) is 39.3 Å². The second kappa shape index (κ2) is 10.4. The van der Waals surface area contributed by atoms with Gasteiger partial charge in [-0.1, -0.05) is 55.0 Å². The van der Waals surface area contributed by atoms with Crippen molar-refractivity contribution in [2.75, 3.05) is 20.3 Å². The number of carbonyl (C=O) groups excluding carboxylic acids is 1. The zero-order valence-electron chi connectivity index (χ0n) is 21.1. The molecule has 0 bridgehead atoms. The number of nitrogens with one attached hydrogen (secondary N) is 1. The molecule has 5 rings (SSSR count). The van der Waals surface area contributed by atoms with Gasteiger partial charge in [-0.05, 0) is 49.6 Å². The second-order valence-electron chi connectivity index (χ2n) is 9.18. The number of methoxy groups -OCH3 is 1. The van der Waals surface area contributed by atoms with Crippen LogP contribution >= 0.6 is 0 Å². The first kappa shape index (κ1) is 23.9. The number of nitrogens with zero attached hydrogens (tertiary/aromatic N) is 4. The average Bonchev–Trinajstić information content (AvgIpc) is 3.48. The Morgan fingerprint density at radius 1 is 1.11 bits per heavy atom. The zero-order chi connectivity index (χ0) is 25.1. The van der Waals surface area contributed by atoms with Gasteiger partial charge in [0.15, 0.2) is 0 Å². The van der Waals surface area contributed by atoms with E-state index in [0.717, 1.165) is 52.4 Å². The molecule has 4 aromatic rings. The lowest BCUT2D eigenvalue weighted by Gasteiger charge is -2.31. The van der Waals surface area contributed by atoms with Gasteiger partial charge in [-0.25, -0.2) is 9.48 Å². The van der Waals surface area contributed by atoms with E-state index in [0.29, 0.717) is 19.7 Å². The van der Waals surface area contributed by atoms with Crippen molar-refractivity contribution >= 4 is 6.03 Å². The molecule has 2 aromatic carbocycles. The Morgan fingerprint density at radius 3 is 2.69 bits per heavy atom. The lowest BCUT2D eigenvalue weighted by atomic mass is 10.00. The molecular weight excluding hydrogens is 450 g/mol. The van der Waals surface area contributed by atoms with E-state index in [1.54, 1.807) is 7.11 Å². The maximum Gasteiger partial charge on any atom is 0.318 e. The molecule has 1 aliphatic heterocycles. The fraction of sp³-hybridized carbons (Fsp3) is 0.310. The van der Waals surface area contributed by atoms with Crippen LogP contribution in [-0.4, -0.2) is 45.5 Å². The summed E-state index contributed by atoms with van der Waals surface area (Å²) in [5.74, 6) is 0.991. The van der Waals surface area contributed by atoms with Gasteiger partial charge in [-0.15, -0.1) is 0 Å². The average molecular weight is 484 g/mol. The van der Waals surface area contributed by atoms with E-state index < -0.39 is 0 Å². The summed E-state index contributed by atoms with van der Waals surface area (Å²) in [7, 11) is 1.68. The molecule has 7 heteroatoms. The first-order chi connectivity index (χ1) is 17.6. The zero-order valence-corrected chi connectivity index (χ0v) is 21.1. The van der Waals surface area contributed by atoms with Crippen molar-refractivity contribution in [3.63, 3.8) is 0 Å². The van der Waals surface area contributed by atoms with Crippen LogP contribution in [0.1, 0.15) is 47.5 Å². The molecule has 3 heterocycles. The summed E-state index contributed by atoms with van der Waals surface area (Å²) in [6.45, 7) is 5.83. The molecule has 1 aliphatic rings. The van der Waals surface area contributed by atoms with E-state index in [-0.39, 0.29) is 12.1 Å². The van der Waals surface area contributed by atoms with E-state index in [1.807, 2.05) is 27.8 Å². The van der Waals surface area contributed by atoms with Crippen LogP contribution in [0.15, 0.2) is 72.9 Å². The number of carbonyl (C=O) groups is 1. The number of rotatable bonds is 7. The van der Waals surface area contributed by atoms with Gasteiger partial charge >= 0.3 is 6.03 Å². The van der Waals surface area contributed by atoms with E-state index in [4.69, 9.17) is 9.84 Å². The minimum atomic E-state index is -0.247. The molecule has 2 aromatic heterocycles. The van der Waals surface area contributed by atoms with Gasteiger partial charge in [0, 0.05) is 32.0 Å². The van der Waals surface area contributed by atoms with Gasteiger partial charge in [-0.3, -0.25) is 0 Å². The molecule has 0 fully saturated rings. The summed E-state index contributed by atoms with van der Waals surface area (Å²) < 4.78 is 9.40. The third-order valence-electron chi connectivity index (χ3n) is 6.72. The van der Waals surface area contributed by atoms with E-state index in [2.05, 4.69) is 78.5 Å². The third-order valence-corrected chi connectivity index (χ3v) is 6.72. The van der Waals surface area contributed by atoms with Crippen LogP contribution in [-0.2, 0) is 17.7 Å². The number of hydrogen-bond donors (Lipinski definition) is 1. The highest BCUT2D eigenvalue weighted by Gasteiger charge is 2.36. The standard InChI is InChI=1S/C29H33N5O2/c1-4-25-24-20-33(29(35)30-16-10-18-36-3)27(22-12-8-11-21(2)19-22)26-15-9-17-32(26)28(24)34(31-25)23-13-6-5-7-14-23/h5-9,11-15,17,19,27H,4,10,16,18,20H2,1-3H3,(H,30,35). The molecule has 1 atom stereocenters. The molecule has 0 aliphatic carbocycles. The molecule has 7 nitrogen and oxygen atoms in total. The van der Waals surface area contributed by atoms with Gasteiger partial charge in [0.1, 0.15) is 5.82 Å². The fourth-order valence-electron chi connectivity index (χ4n) is 5.05. The molecule has 36 heavy (non-hydrogen) atoms. The SMILES string of the molecule is CCc1nn(-c2ccccc2)c2c1CN(C(=O)NCCCOC)C(c1cccc(C)c1)c1cccn1-2. The quantitative estimate of drug-likeness (QED) is 0.368. The van der Waals surface area contributed by atoms with E-state index >= 15 is 0 Å². The van der Waals surface area contributed by atoms with Crippen LogP contribution in [0.25, 0.3) is 11.5 Å². The summed E-state index contributed by atoms with van der Waals surface area (Å²) in [6.07, 6.45) is 3.62. The Bertz CT molecular complexity index is 1340. The van der Waals surface area contributed by atoms with Gasteiger partial charge in [0.05, 0.1) is 29.7 Å². The number of benzene rings is 2. The molecule has 0 radical (unpaired) electrons. The number of aromatic nitrogens is 3.